The maximum atomic E-state index is 12.3. The zero-order valence-electron chi connectivity index (χ0n) is 13.8. The van der Waals surface area contributed by atoms with Crippen LogP contribution in [-0.4, -0.2) is 26.9 Å². The Balaban J connectivity index is 2.32. The van der Waals surface area contributed by atoms with Gasteiger partial charge in [-0.3, -0.25) is 4.57 Å². The maximum Gasteiger partial charge on any atom is 0.359 e. The molecule has 1 aromatic carbocycles. The van der Waals surface area contributed by atoms with Crippen molar-refractivity contribution in [2.75, 3.05) is 6.61 Å². The molecule has 0 aliphatic heterocycles. The first-order valence-electron chi connectivity index (χ1n) is 7.60. The lowest BCUT2D eigenvalue weighted by molar-refractivity contribution is 0.0518. The highest BCUT2D eigenvalue weighted by atomic mass is 35.5. The van der Waals surface area contributed by atoms with Gasteiger partial charge in [0.25, 0.3) is 0 Å². The van der Waals surface area contributed by atoms with Crippen molar-refractivity contribution in [2.45, 2.75) is 13.8 Å². The van der Waals surface area contributed by atoms with Gasteiger partial charge in [0.15, 0.2) is 5.69 Å². The Morgan fingerprint density at radius 3 is 2.35 bits per heavy atom. The van der Waals surface area contributed by atoms with Crippen molar-refractivity contribution in [3.8, 4) is 11.5 Å². The molecule has 136 valence electrons. The average molecular weight is 433 g/mol. The van der Waals surface area contributed by atoms with Crippen LogP contribution in [0.15, 0.2) is 30.3 Å². The molecule has 26 heavy (non-hydrogen) atoms. The predicted molar refractivity (Wildman–Crippen MR) is 104 cm³/mol. The van der Waals surface area contributed by atoms with Crippen LogP contribution in [0.25, 0.3) is 11.5 Å². The summed E-state index contributed by atoms with van der Waals surface area (Å²) in [7, 11) is 0. The predicted octanol–water partition coefficient (Wildman–Crippen LogP) is 5.76. The molecule has 2 heterocycles. The van der Waals surface area contributed by atoms with Crippen molar-refractivity contribution in [2.24, 2.45) is 0 Å². The van der Waals surface area contributed by atoms with Crippen LogP contribution in [-0.2, 0) is 4.74 Å². The van der Waals surface area contributed by atoms with Crippen molar-refractivity contribution in [3.63, 3.8) is 0 Å². The van der Waals surface area contributed by atoms with E-state index >= 15 is 0 Å². The van der Waals surface area contributed by atoms with Gasteiger partial charge in [-0.15, -0.1) is 0 Å². The molecule has 0 spiro atoms. The molecule has 3 aromatic rings. The third-order valence-corrected chi connectivity index (χ3v) is 4.82. The number of rotatable bonds is 4. The van der Waals surface area contributed by atoms with E-state index in [0.29, 0.717) is 37.4 Å². The number of hydrogen-bond donors (Lipinski definition) is 0. The second kappa shape index (κ2) is 7.53. The Labute approximate surface area is 170 Å². The van der Waals surface area contributed by atoms with Crippen molar-refractivity contribution >= 4 is 52.4 Å². The highest BCUT2D eigenvalue weighted by Gasteiger charge is 2.26. The van der Waals surface area contributed by atoms with E-state index in [0.717, 1.165) is 0 Å². The van der Waals surface area contributed by atoms with Crippen LogP contribution in [0.2, 0.25) is 20.4 Å². The number of nitrogens with zero attached hydrogens (tertiary/aromatic N) is 3. The zero-order chi connectivity index (χ0) is 19.0. The summed E-state index contributed by atoms with van der Waals surface area (Å²) in [5.74, 6) is -0.0632. The van der Waals surface area contributed by atoms with E-state index in [1.54, 1.807) is 48.7 Å². The minimum atomic E-state index is -0.547. The number of esters is 1. The Hall–Kier alpha value is -1.66. The number of aromatic nitrogens is 3. The number of ether oxygens (including phenoxy) is 1. The van der Waals surface area contributed by atoms with E-state index < -0.39 is 5.97 Å². The minimum absolute atomic E-state index is 0.147. The monoisotopic (exact) mass is 431 g/mol. The second-order valence-electron chi connectivity index (χ2n) is 5.34. The van der Waals surface area contributed by atoms with Crippen LogP contribution in [0.3, 0.4) is 0 Å². The molecular formula is C17H13Cl4N3O2. The Kier molecular flexibility index (Phi) is 5.53. The van der Waals surface area contributed by atoms with Gasteiger partial charge >= 0.3 is 5.97 Å². The Morgan fingerprint density at radius 1 is 1.12 bits per heavy atom. The summed E-state index contributed by atoms with van der Waals surface area (Å²) >= 11 is 24.9. The summed E-state index contributed by atoms with van der Waals surface area (Å²) in [6.07, 6.45) is 0. The fraction of sp³-hybridized carbons (Fsp3) is 0.176. The van der Waals surface area contributed by atoms with Gasteiger partial charge in [0.2, 0.25) is 0 Å². The first kappa shape index (κ1) is 19.1. The third kappa shape index (κ3) is 3.32. The van der Waals surface area contributed by atoms with Gasteiger partial charge in [-0.2, -0.15) is 5.10 Å². The molecule has 0 unspecified atom stereocenters. The van der Waals surface area contributed by atoms with Gasteiger partial charge in [0.05, 0.1) is 17.3 Å². The molecule has 3 rings (SSSR count). The van der Waals surface area contributed by atoms with Crippen LogP contribution < -0.4 is 0 Å². The lowest BCUT2D eigenvalue weighted by atomic mass is 10.2. The standard InChI is InChI=1S/C17H13Cl4N3O2/c1-3-26-17(25)15-9(2)16(23-13(20)6-7-14(23)21)24(22-15)12-5-4-10(18)8-11(12)19/h4-8H,3H2,1-2H3. The van der Waals surface area contributed by atoms with Gasteiger partial charge in [-0.1, -0.05) is 46.4 Å². The lowest BCUT2D eigenvalue weighted by Gasteiger charge is -2.13. The summed E-state index contributed by atoms with van der Waals surface area (Å²) in [5.41, 5.74) is 1.22. The van der Waals surface area contributed by atoms with Gasteiger partial charge in [-0.05, 0) is 44.2 Å². The summed E-state index contributed by atoms with van der Waals surface area (Å²) in [6.45, 7) is 3.69. The SMILES string of the molecule is CCOC(=O)c1nn(-c2ccc(Cl)cc2Cl)c(-n2c(Cl)ccc2Cl)c1C. The third-order valence-electron chi connectivity index (χ3n) is 3.70. The Morgan fingerprint density at radius 2 is 1.77 bits per heavy atom. The second-order valence-corrected chi connectivity index (χ2v) is 6.96. The number of carbonyl (C=O) groups excluding carboxylic acids is 1. The first-order valence-corrected chi connectivity index (χ1v) is 9.11. The van der Waals surface area contributed by atoms with Crippen molar-refractivity contribution in [3.05, 3.63) is 61.9 Å². The van der Waals surface area contributed by atoms with E-state index in [-0.39, 0.29) is 12.3 Å². The number of benzene rings is 1. The van der Waals surface area contributed by atoms with E-state index in [2.05, 4.69) is 5.10 Å². The maximum absolute atomic E-state index is 12.3. The van der Waals surface area contributed by atoms with Crippen LogP contribution in [0.5, 0.6) is 0 Å². The quantitative estimate of drug-likeness (QED) is 0.492. The van der Waals surface area contributed by atoms with Crippen LogP contribution in [0, 0.1) is 6.92 Å². The molecule has 0 amide bonds. The van der Waals surface area contributed by atoms with Gasteiger partial charge < -0.3 is 4.74 Å². The van der Waals surface area contributed by atoms with Crippen LogP contribution in [0.4, 0.5) is 0 Å². The topological polar surface area (TPSA) is 49.0 Å². The molecule has 0 atom stereocenters. The average Bonchev–Trinajstić information content (AvgIpc) is 3.07. The largest absolute Gasteiger partial charge is 0.461 e. The first-order chi connectivity index (χ1) is 12.3. The van der Waals surface area contributed by atoms with Crippen molar-refractivity contribution in [1.82, 2.24) is 14.3 Å². The highest BCUT2D eigenvalue weighted by molar-refractivity contribution is 6.36. The molecule has 0 bridgehead atoms. The Bertz CT molecular complexity index is 975. The normalized spacial score (nSPS) is 11.0. The number of hydrogen-bond acceptors (Lipinski definition) is 3. The lowest BCUT2D eigenvalue weighted by Crippen LogP contribution is -2.08. The van der Waals surface area contributed by atoms with Crippen molar-refractivity contribution in [1.29, 1.82) is 0 Å². The zero-order valence-corrected chi connectivity index (χ0v) is 16.8. The van der Waals surface area contributed by atoms with Crippen molar-refractivity contribution < 1.29 is 9.53 Å². The molecule has 2 aromatic heterocycles. The smallest absolute Gasteiger partial charge is 0.359 e. The van der Waals surface area contributed by atoms with E-state index in [1.807, 2.05) is 0 Å². The molecular weight excluding hydrogens is 420 g/mol. The molecule has 0 saturated carbocycles. The van der Waals surface area contributed by atoms with E-state index in [4.69, 9.17) is 51.1 Å². The number of halogens is 4. The summed E-state index contributed by atoms with van der Waals surface area (Å²) < 4.78 is 8.16. The molecule has 0 N–H and O–H groups in total. The molecule has 9 heteroatoms. The highest BCUT2D eigenvalue weighted by Crippen LogP contribution is 2.33. The summed E-state index contributed by atoms with van der Waals surface area (Å²) in [4.78, 5) is 12.3. The molecule has 0 fully saturated rings. The molecule has 0 radical (unpaired) electrons. The molecule has 5 nitrogen and oxygen atoms in total. The fourth-order valence-corrected chi connectivity index (χ4v) is 3.55. The summed E-state index contributed by atoms with van der Waals surface area (Å²) in [5, 5.41) is 5.96. The van der Waals surface area contributed by atoms with E-state index in [1.165, 1.54) is 4.68 Å². The molecule has 0 saturated heterocycles. The van der Waals surface area contributed by atoms with Crippen LogP contribution in [0.1, 0.15) is 23.0 Å². The van der Waals surface area contributed by atoms with Gasteiger partial charge in [-0.25, -0.2) is 9.48 Å². The van der Waals surface area contributed by atoms with Gasteiger partial charge in [0, 0.05) is 10.6 Å². The number of carbonyl (C=O) groups is 1. The molecule has 0 aliphatic carbocycles. The summed E-state index contributed by atoms with van der Waals surface area (Å²) in [6, 6.07) is 8.25. The van der Waals surface area contributed by atoms with Gasteiger partial charge in [0.1, 0.15) is 16.1 Å². The molecule has 0 aliphatic rings. The van der Waals surface area contributed by atoms with E-state index in [9.17, 15) is 4.79 Å². The fourth-order valence-electron chi connectivity index (χ4n) is 2.55. The van der Waals surface area contributed by atoms with Crippen LogP contribution >= 0.6 is 46.4 Å². The minimum Gasteiger partial charge on any atom is -0.461 e.